The summed E-state index contributed by atoms with van der Waals surface area (Å²) in [6, 6.07) is 2.44. The lowest BCUT2D eigenvalue weighted by atomic mass is 10.1. The van der Waals surface area contributed by atoms with Gasteiger partial charge in [-0.15, -0.1) is 0 Å². The first-order valence-electron chi connectivity index (χ1n) is 5.51. The number of carboxylic acids is 1. The molecular formula is C12H16N2O3. The smallest absolute Gasteiger partial charge is 0.326 e. The largest absolute Gasteiger partial charge is 0.480 e. The van der Waals surface area contributed by atoms with Crippen LogP contribution in [0.1, 0.15) is 35.8 Å². The van der Waals surface area contributed by atoms with Crippen LogP contribution in [0.2, 0.25) is 0 Å². The van der Waals surface area contributed by atoms with Gasteiger partial charge in [0.1, 0.15) is 6.04 Å². The molecule has 5 nitrogen and oxygen atoms in total. The first-order valence-corrected chi connectivity index (χ1v) is 5.51. The van der Waals surface area contributed by atoms with Gasteiger partial charge in [-0.2, -0.15) is 0 Å². The second-order valence-electron chi connectivity index (χ2n) is 3.79. The molecule has 1 atom stereocenters. The van der Waals surface area contributed by atoms with E-state index >= 15 is 0 Å². The van der Waals surface area contributed by atoms with Gasteiger partial charge in [-0.05, 0) is 25.5 Å². The summed E-state index contributed by atoms with van der Waals surface area (Å²) in [6.45, 7) is 3.59. The molecule has 0 unspecified atom stereocenters. The molecule has 0 saturated heterocycles. The SMILES string of the molecule is CCC[C@@H](NC(=O)c1cccnc1C)C(=O)O. The molecule has 1 aromatic rings. The number of hydrogen-bond donors (Lipinski definition) is 2. The summed E-state index contributed by atoms with van der Waals surface area (Å²) in [7, 11) is 0. The molecule has 0 aliphatic heterocycles. The van der Waals surface area contributed by atoms with E-state index in [9.17, 15) is 9.59 Å². The zero-order valence-electron chi connectivity index (χ0n) is 9.93. The number of nitrogens with one attached hydrogen (secondary N) is 1. The number of rotatable bonds is 5. The van der Waals surface area contributed by atoms with E-state index in [1.807, 2.05) is 6.92 Å². The fourth-order valence-electron chi connectivity index (χ4n) is 1.51. The van der Waals surface area contributed by atoms with Gasteiger partial charge in [-0.3, -0.25) is 9.78 Å². The Morgan fingerprint density at radius 1 is 1.53 bits per heavy atom. The molecule has 0 aliphatic carbocycles. The highest BCUT2D eigenvalue weighted by Gasteiger charge is 2.20. The van der Waals surface area contributed by atoms with Gasteiger partial charge >= 0.3 is 5.97 Å². The van der Waals surface area contributed by atoms with Gasteiger partial charge in [0.25, 0.3) is 5.91 Å². The summed E-state index contributed by atoms with van der Waals surface area (Å²) >= 11 is 0. The Morgan fingerprint density at radius 2 is 2.24 bits per heavy atom. The maximum Gasteiger partial charge on any atom is 0.326 e. The summed E-state index contributed by atoms with van der Waals surface area (Å²) in [5.74, 6) is -1.40. The number of pyridine rings is 1. The van der Waals surface area contributed by atoms with Gasteiger partial charge in [0, 0.05) is 11.9 Å². The van der Waals surface area contributed by atoms with Crippen LogP contribution < -0.4 is 5.32 Å². The van der Waals surface area contributed by atoms with Crippen molar-refractivity contribution in [1.82, 2.24) is 10.3 Å². The summed E-state index contributed by atoms with van der Waals surface area (Å²) < 4.78 is 0. The van der Waals surface area contributed by atoms with Crippen molar-refractivity contribution in [3.63, 3.8) is 0 Å². The predicted molar refractivity (Wildman–Crippen MR) is 62.8 cm³/mol. The van der Waals surface area contributed by atoms with Crippen molar-refractivity contribution in [2.24, 2.45) is 0 Å². The van der Waals surface area contributed by atoms with Gasteiger partial charge in [0.15, 0.2) is 0 Å². The second kappa shape index (κ2) is 5.98. The monoisotopic (exact) mass is 236 g/mol. The van der Waals surface area contributed by atoms with Crippen molar-refractivity contribution >= 4 is 11.9 Å². The molecule has 92 valence electrons. The molecular weight excluding hydrogens is 220 g/mol. The number of carbonyl (C=O) groups is 2. The third kappa shape index (κ3) is 3.55. The topological polar surface area (TPSA) is 79.3 Å². The third-order valence-electron chi connectivity index (χ3n) is 2.43. The number of amides is 1. The van der Waals surface area contributed by atoms with Crippen molar-refractivity contribution < 1.29 is 14.7 Å². The fourth-order valence-corrected chi connectivity index (χ4v) is 1.51. The van der Waals surface area contributed by atoms with Gasteiger partial charge in [0.05, 0.1) is 5.56 Å². The first kappa shape index (κ1) is 13.2. The quantitative estimate of drug-likeness (QED) is 0.809. The number of nitrogens with zero attached hydrogens (tertiary/aromatic N) is 1. The Balaban J connectivity index is 2.77. The Bertz CT molecular complexity index is 418. The van der Waals surface area contributed by atoms with Crippen molar-refractivity contribution in [2.75, 3.05) is 0 Å². The van der Waals surface area contributed by atoms with Gasteiger partial charge in [-0.1, -0.05) is 13.3 Å². The number of carboxylic acid groups (broad SMARTS) is 1. The molecule has 2 N–H and O–H groups in total. The molecule has 0 aliphatic rings. The molecule has 0 radical (unpaired) electrons. The molecule has 1 aromatic heterocycles. The van der Waals surface area contributed by atoms with E-state index in [4.69, 9.17) is 5.11 Å². The number of aryl methyl sites for hydroxylation is 1. The predicted octanol–water partition coefficient (Wildman–Crippen LogP) is 1.37. The van der Waals surface area contributed by atoms with Crippen LogP contribution in [0.15, 0.2) is 18.3 Å². The molecule has 1 rings (SSSR count). The number of carbonyl (C=O) groups excluding carboxylic acids is 1. The maximum atomic E-state index is 11.8. The van der Waals surface area contributed by atoms with E-state index < -0.39 is 17.9 Å². The Morgan fingerprint density at radius 3 is 2.76 bits per heavy atom. The van der Waals surface area contributed by atoms with Gasteiger partial charge < -0.3 is 10.4 Å². The van der Waals surface area contributed by atoms with Crippen LogP contribution in [0.3, 0.4) is 0 Å². The highest BCUT2D eigenvalue weighted by Crippen LogP contribution is 2.05. The molecule has 17 heavy (non-hydrogen) atoms. The van der Waals surface area contributed by atoms with Crippen LogP contribution >= 0.6 is 0 Å². The highest BCUT2D eigenvalue weighted by molar-refractivity contribution is 5.97. The van der Waals surface area contributed by atoms with Gasteiger partial charge in [-0.25, -0.2) is 4.79 Å². The lowest BCUT2D eigenvalue weighted by Crippen LogP contribution is -2.40. The minimum absolute atomic E-state index is 0.392. The summed E-state index contributed by atoms with van der Waals surface area (Å²) in [5, 5.41) is 11.4. The average molecular weight is 236 g/mol. The minimum atomic E-state index is -1.01. The number of aromatic nitrogens is 1. The van der Waals surface area contributed by atoms with E-state index in [-0.39, 0.29) is 0 Å². The van der Waals surface area contributed by atoms with Crippen molar-refractivity contribution in [3.05, 3.63) is 29.6 Å². The zero-order chi connectivity index (χ0) is 12.8. The molecule has 5 heteroatoms. The zero-order valence-corrected chi connectivity index (χ0v) is 9.93. The summed E-state index contributed by atoms with van der Waals surface area (Å²) in [4.78, 5) is 26.7. The van der Waals surface area contributed by atoms with Crippen LogP contribution in [0.4, 0.5) is 0 Å². The van der Waals surface area contributed by atoms with Crippen LogP contribution in [0.5, 0.6) is 0 Å². The van der Waals surface area contributed by atoms with E-state index in [0.29, 0.717) is 24.1 Å². The average Bonchev–Trinajstić information content (AvgIpc) is 2.28. The molecule has 1 amide bonds. The number of hydrogen-bond acceptors (Lipinski definition) is 3. The number of aliphatic carboxylic acids is 1. The summed E-state index contributed by atoms with van der Waals surface area (Å²) in [6.07, 6.45) is 2.70. The Hall–Kier alpha value is -1.91. The van der Waals surface area contributed by atoms with E-state index in [1.54, 1.807) is 25.3 Å². The molecule has 0 bridgehead atoms. The van der Waals surface area contributed by atoms with Crippen molar-refractivity contribution in [3.8, 4) is 0 Å². The Kier molecular flexibility index (Phi) is 4.63. The lowest BCUT2D eigenvalue weighted by molar-refractivity contribution is -0.139. The third-order valence-corrected chi connectivity index (χ3v) is 2.43. The first-order chi connectivity index (χ1) is 8.06. The van der Waals surface area contributed by atoms with E-state index in [2.05, 4.69) is 10.3 Å². The summed E-state index contributed by atoms with van der Waals surface area (Å²) in [5.41, 5.74) is 1.00. The molecule has 0 aromatic carbocycles. The minimum Gasteiger partial charge on any atom is -0.480 e. The normalized spacial score (nSPS) is 11.9. The van der Waals surface area contributed by atoms with E-state index in [1.165, 1.54) is 0 Å². The lowest BCUT2D eigenvalue weighted by Gasteiger charge is -2.14. The molecule has 0 spiro atoms. The maximum absolute atomic E-state index is 11.8. The van der Waals surface area contributed by atoms with E-state index in [0.717, 1.165) is 0 Å². The Labute approximate surface area is 99.9 Å². The van der Waals surface area contributed by atoms with Crippen LogP contribution in [0, 0.1) is 6.92 Å². The molecule has 0 fully saturated rings. The molecule has 0 saturated carbocycles. The second-order valence-corrected chi connectivity index (χ2v) is 3.79. The van der Waals surface area contributed by atoms with Crippen molar-refractivity contribution in [2.45, 2.75) is 32.7 Å². The fraction of sp³-hybridized carbons (Fsp3) is 0.417. The van der Waals surface area contributed by atoms with Crippen molar-refractivity contribution in [1.29, 1.82) is 0 Å². The highest BCUT2D eigenvalue weighted by atomic mass is 16.4. The standard InChI is InChI=1S/C12H16N2O3/c1-3-5-10(12(16)17)14-11(15)9-6-4-7-13-8(9)2/h4,6-7,10H,3,5H2,1-2H3,(H,14,15)(H,16,17)/t10-/m1/s1. The van der Waals surface area contributed by atoms with Crippen LogP contribution in [0.25, 0.3) is 0 Å². The van der Waals surface area contributed by atoms with Gasteiger partial charge in [0.2, 0.25) is 0 Å². The van der Waals surface area contributed by atoms with Crippen LogP contribution in [-0.2, 0) is 4.79 Å². The molecule has 1 heterocycles. The van der Waals surface area contributed by atoms with Crippen LogP contribution in [-0.4, -0.2) is 28.0 Å².